The van der Waals surface area contributed by atoms with Crippen LogP contribution in [0.5, 0.6) is 0 Å². The lowest BCUT2D eigenvalue weighted by Gasteiger charge is -2.16. The van der Waals surface area contributed by atoms with E-state index in [-0.39, 0.29) is 24.3 Å². The molecule has 5 nitrogen and oxygen atoms in total. The van der Waals surface area contributed by atoms with Crippen LogP contribution in [0.25, 0.3) is 0 Å². The highest BCUT2D eigenvalue weighted by Crippen LogP contribution is 2.13. The number of nitrogens with one attached hydrogen (secondary N) is 2. The first-order valence-corrected chi connectivity index (χ1v) is 6.27. The zero-order valence-electron chi connectivity index (χ0n) is 11.3. The Bertz CT molecular complexity index is 384. The van der Waals surface area contributed by atoms with Crippen LogP contribution in [0.3, 0.4) is 0 Å². The third-order valence-corrected chi connectivity index (χ3v) is 2.65. The van der Waals surface area contributed by atoms with E-state index in [0.717, 1.165) is 12.1 Å². The summed E-state index contributed by atoms with van der Waals surface area (Å²) in [6.45, 7) is 3.15. The topological polar surface area (TPSA) is 63.2 Å². The molecule has 0 fully saturated rings. The molecule has 0 aliphatic rings. The Hall–Kier alpha value is -1.53. The van der Waals surface area contributed by atoms with Crippen molar-refractivity contribution < 1.29 is 13.9 Å². The number of nitrogens with zero attached hydrogens (tertiary/aromatic N) is 1. The molecule has 1 amide bonds. The minimum atomic E-state index is -0.365. The number of aromatic nitrogens is 1. The van der Waals surface area contributed by atoms with Crippen LogP contribution in [0, 0.1) is 5.82 Å². The maximum absolute atomic E-state index is 12.8. The van der Waals surface area contributed by atoms with E-state index < -0.39 is 0 Å². The van der Waals surface area contributed by atoms with Gasteiger partial charge in [0, 0.05) is 19.7 Å². The van der Waals surface area contributed by atoms with Gasteiger partial charge < -0.3 is 15.4 Å². The Balaban J connectivity index is 2.40. The molecule has 0 saturated heterocycles. The predicted molar refractivity (Wildman–Crippen MR) is 70.1 cm³/mol. The smallest absolute Gasteiger partial charge is 0.234 e. The number of hydrogen-bond acceptors (Lipinski definition) is 4. The molecule has 1 unspecified atom stereocenters. The molecule has 19 heavy (non-hydrogen) atoms. The first-order chi connectivity index (χ1) is 9.17. The van der Waals surface area contributed by atoms with Crippen LogP contribution in [-0.2, 0) is 9.53 Å². The molecule has 0 bridgehead atoms. The summed E-state index contributed by atoms with van der Waals surface area (Å²) in [5.74, 6) is -0.464. The van der Waals surface area contributed by atoms with Crippen molar-refractivity contribution in [2.75, 3.05) is 26.8 Å². The molecule has 0 radical (unpaired) electrons. The number of carbonyl (C=O) groups excluding carboxylic acids is 1. The molecule has 2 N–H and O–H groups in total. The largest absolute Gasteiger partial charge is 0.383 e. The molecule has 0 spiro atoms. The standard InChI is InChI=1S/C13H20FN3O2/c1-3-11(12-5-4-10(14)8-16-12)17-9-13(18)15-6-7-19-2/h4-5,8,11,17H,3,6-7,9H2,1-2H3,(H,15,18). The summed E-state index contributed by atoms with van der Waals surface area (Å²) in [6.07, 6.45) is 1.95. The Labute approximate surface area is 112 Å². The van der Waals surface area contributed by atoms with Gasteiger partial charge in [-0.05, 0) is 18.6 Å². The Morgan fingerprint density at radius 2 is 2.32 bits per heavy atom. The number of halogens is 1. The molecule has 6 heteroatoms. The quantitative estimate of drug-likeness (QED) is 0.692. The maximum atomic E-state index is 12.8. The summed E-state index contributed by atoms with van der Waals surface area (Å²) >= 11 is 0. The minimum absolute atomic E-state index is 0.0613. The number of pyridine rings is 1. The summed E-state index contributed by atoms with van der Waals surface area (Å²) in [6, 6.07) is 2.93. The molecule has 0 saturated carbocycles. The average Bonchev–Trinajstić information content (AvgIpc) is 2.41. The molecular weight excluding hydrogens is 249 g/mol. The molecule has 1 aromatic rings. The van der Waals surface area contributed by atoms with E-state index in [0.29, 0.717) is 13.2 Å². The lowest BCUT2D eigenvalue weighted by molar-refractivity contribution is -0.120. The van der Waals surface area contributed by atoms with E-state index in [1.165, 1.54) is 12.3 Å². The van der Waals surface area contributed by atoms with E-state index in [4.69, 9.17) is 4.74 Å². The highest BCUT2D eigenvalue weighted by molar-refractivity contribution is 5.78. The van der Waals surface area contributed by atoms with Gasteiger partial charge in [0.2, 0.25) is 5.91 Å². The predicted octanol–water partition coefficient (Wildman–Crippen LogP) is 1.02. The van der Waals surface area contributed by atoms with Crippen molar-refractivity contribution in [1.82, 2.24) is 15.6 Å². The Morgan fingerprint density at radius 1 is 1.53 bits per heavy atom. The van der Waals surface area contributed by atoms with E-state index in [1.807, 2.05) is 6.92 Å². The van der Waals surface area contributed by atoms with Crippen LogP contribution in [0.15, 0.2) is 18.3 Å². The van der Waals surface area contributed by atoms with Crippen LogP contribution in [0.1, 0.15) is 25.1 Å². The van der Waals surface area contributed by atoms with Gasteiger partial charge in [-0.2, -0.15) is 0 Å². The van der Waals surface area contributed by atoms with E-state index in [9.17, 15) is 9.18 Å². The van der Waals surface area contributed by atoms with Gasteiger partial charge in [0.15, 0.2) is 0 Å². The van der Waals surface area contributed by atoms with Gasteiger partial charge in [0.1, 0.15) is 5.82 Å². The van der Waals surface area contributed by atoms with Crippen molar-refractivity contribution in [2.45, 2.75) is 19.4 Å². The number of amides is 1. The average molecular weight is 269 g/mol. The lowest BCUT2D eigenvalue weighted by atomic mass is 10.1. The van der Waals surface area contributed by atoms with Gasteiger partial charge in [-0.25, -0.2) is 4.39 Å². The fourth-order valence-electron chi connectivity index (χ4n) is 1.62. The first-order valence-electron chi connectivity index (χ1n) is 6.27. The molecule has 0 aromatic carbocycles. The number of rotatable bonds is 8. The number of hydrogen-bond donors (Lipinski definition) is 2. The van der Waals surface area contributed by atoms with Crippen LogP contribution < -0.4 is 10.6 Å². The molecular formula is C13H20FN3O2. The first kappa shape index (κ1) is 15.5. The van der Waals surface area contributed by atoms with E-state index in [2.05, 4.69) is 15.6 Å². The Morgan fingerprint density at radius 3 is 2.89 bits per heavy atom. The summed E-state index contributed by atoms with van der Waals surface area (Å²) in [4.78, 5) is 15.5. The summed E-state index contributed by atoms with van der Waals surface area (Å²) in [5.41, 5.74) is 0.730. The van der Waals surface area contributed by atoms with Gasteiger partial charge in [0.05, 0.1) is 25.0 Å². The monoisotopic (exact) mass is 269 g/mol. The number of ether oxygens (including phenoxy) is 1. The van der Waals surface area contributed by atoms with Crippen LogP contribution in [0.2, 0.25) is 0 Å². The van der Waals surface area contributed by atoms with Gasteiger partial charge in [-0.15, -0.1) is 0 Å². The van der Waals surface area contributed by atoms with E-state index in [1.54, 1.807) is 13.2 Å². The zero-order valence-corrected chi connectivity index (χ0v) is 11.3. The van der Waals surface area contributed by atoms with Gasteiger partial charge in [0.25, 0.3) is 0 Å². The summed E-state index contributed by atoms with van der Waals surface area (Å²) in [7, 11) is 1.58. The number of carbonyl (C=O) groups is 1. The fraction of sp³-hybridized carbons (Fsp3) is 0.538. The van der Waals surface area contributed by atoms with Crippen LogP contribution in [0.4, 0.5) is 4.39 Å². The molecule has 1 rings (SSSR count). The zero-order chi connectivity index (χ0) is 14.1. The lowest BCUT2D eigenvalue weighted by Crippen LogP contribution is -2.37. The number of methoxy groups -OCH3 is 1. The molecule has 0 aliphatic carbocycles. The molecule has 0 aliphatic heterocycles. The van der Waals surface area contributed by atoms with Crippen LogP contribution in [-0.4, -0.2) is 37.7 Å². The van der Waals surface area contributed by atoms with E-state index >= 15 is 0 Å². The fourth-order valence-corrected chi connectivity index (χ4v) is 1.62. The maximum Gasteiger partial charge on any atom is 0.234 e. The van der Waals surface area contributed by atoms with Crippen molar-refractivity contribution in [2.24, 2.45) is 0 Å². The van der Waals surface area contributed by atoms with Crippen molar-refractivity contribution in [1.29, 1.82) is 0 Å². The molecule has 106 valence electrons. The highest BCUT2D eigenvalue weighted by atomic mass is 19.1. The van der Waals surface area contributed by atoms with Crippen molar-refractivity contribution in [3.63, 3.8) is 0 Å². The van der Waals surface area contributed by atoms with Crippen molar-refractivity contribution >= 4 is 5.91 Å². The molecule has 1 atom stereocenters. The second-order valence-electron chi connectivity index (χ2n) is 4.09. The normalized spacial score (nSPS) is 12.2. The second-order valence-corrected chi connectivity index (χ2v) is 4.09. The van der Waals surface area contributed by atoms with Gasteiger partial charge in [-0.1, -0.05) is 6.92 Å². The minimum Gasteiger partial charge on any atom is -0.383 e. The van der Waals surface area contributed by atoms with Gasteiger partial charge >= 0.3 is 0 Å². The molecule has 1 aromatic heterocycles. The SMILES string of the molecule is CCC(NCC(=O)NCCOC)c1ccc(F)cn1. The van der Waals surface area contributed by atoms with Crippen molar-refractivity contribution in [3.05, 3.63) is 29.8 Å². The Kier molecular flexibility index (Phi) is 6.99. The summed E-state index contributed by atoms with van der Waals surface area (Å²) < 4.78 is 17.6. The second kappa shape index (κ2) is 8.55. The van der Waals surface area contributed by atoms with Gasteiger partial charge in [-0.3, -0.25) is 9.78 Å². The highest BCUT2D eigenvalue weighted by Gasteiger charge is 2.11. The summed E-state index contributed by atoms with van der Waals surface area (Å²) in [5, 5.41) is 5.81. The third-order valence-electron chi connectivity index (χ3n) is 2.65. The third kappa shape index (κ3) is 5.76. The van der Waals surface area contributed by atoms with Crippen LogP contribution >= 0.6 is 0 Å². The van der Waals surface area contributed by atoms with Crippen molar-refractivity contribution in [3.8, 4) is 0 Å². The molecule has 1 heterocycles.